The molecule has 0 spiro atoms. The summed E-state index contributed by atoms with van der Waals surface area (Å²) in [6.45, 7) is 0. The first-order valence-corrected chi connectivity index (χ1v) is 23.1. The summed E-state index contributed by atoms with van der Waals surface area (Å²) < 4.78 is 12.4. The van der Waals surface area contributed by atoms with Crippen LogP contribution in [0.5, 0.6) is 0 Å². The first kappa shape index (κ1) is 35.1. The van der Waals surface area contributed by atoms with E-state index in [4.69, 9.17) is 0 Å². The van der Waals surface area contributed by atoms with Crippen LogP contribution in [0, 0.1) is 0 Å². The molecule has 0 N–H and O–H groups in total. The lowest BCUT2D eigenvalue weighted by Gasteiger charge is -2.15. The van der Waals surface area contributed by atoms with E-state index >= 15 is 0 Å². The van der Waals surface area contributed by atoms with Crippen molar-refractivity contribution in [3.05, 3.63) is 218 Å². The Kier molecular flexibility index (Phi) is 7.07. The lowest BCUT2D eigenvalue weighted by atomic mass is 10.1. The molecule has 0 atom stereocenters. The van der Waals surface area contributed by atoms with E-state index in [1.165, 1.54) is 113 Å². The Bertz CT molecular complexity index is 4380. The lowest BCUT2D eigenvalue weighted by Crippen LogP contribution is -2.00. The van der Waals surface area contributed by atoms with Gasteiger partial charge in [0.25, 0.3) is 0 Å². The molecule has 0 saturated heterocycles. The Labute approximate surface area is 376 Å². The molecular weight excluding hydrogens is 809 g/mol. The standard InChI is InChI=1S/C60H36N4S/c1-8-22-49-40(15-1)41-16-2-9-23-50(41)61(49)37-29-31-55-47(33-37)44-19-5-12-26-53(44)63(55)39-35-57(60-46-21-7-14-28-58(46)65-59(60)36-39)64-54-27-13-6-20-45(54)48-34-38(30-32-56(48)64)62-51-24-10-3-17-42(51)43-18-4-11-25-52(43)62/h1-36H. The van der Waals surface area contributed by atoms with Gasteiger partial charge >= 0.3 is 0 Å². The average molecular weight is 845 g/mol. The summed E-state index contributed by atoms with van der Waals surface area (Å²) in [6, 6.07) is 80.8. The maximum atomic E-state index is 2.53. The van der Waals surface area contributed by atoms with E-state index in [9.17, 15) is 0 Å². The fraction of sp³-hybridized carbons (Fsp3) is 0. The van der Waals surface area contributed by atoms with E-state index in [1.54, 1.807) is 0 Å². The van der Waals surface area contributed by atoms with Crippen LogP contribution in [0.4, 0.5) is 0 Å². The SMILES string of the molecule is c1ccc2c(c1)sc1cc(-n3c4ccccc4c4cc(-n5c6ccccc6c6ccccc65)ccc43)cc(-n3c4ccccc4c4cc(-n5c6ccccc6c6ccccc65)ccc43)c12. The molecule has 5 aromatic heterocycles. The van der Waals surface area contributed by atoms with Crippen LogP contribution in [0.2, 0.25) is 0 Å². The van der Waals surface area contributed by atoms with Gasteiger partial charge in [-0.2, -0.15) is 0 Å². The summed E-state index contributed by atoms with van der Waals surface area (Å²) >= 11 is 1.88. The van der Waals surface area contributed by atoms with Crippen LogP contribution in [0.25, 0.3) is 130 Å². The summed E-state index contributed by atoms with van der Waals surface area (Å²) in [5.41, 5.74) is 14.2. The van der Waals surface area contributed by atoms with Crippen LogP contribution in [0.15, 0.2) is 218 Å². The Morgan fingerprint density at radius 2 is 0.569 bits per heavy atom. The molecule has 0 amide bonds. The Morgan fingerprint density at radius 1 is 0.231 bits per heavy atom. The van der Waals surface area contributed by atoms with Crippen molar-refractivity contribution in [2.45, 2.75) is 0 Å². The van der Waals surface area contributed by atoms with Crippen LogP contribution < -0.4 is 0 Å². The van der Waals surface area contributed by atoms with Crippen molar-refractivity contribution in [2.75, 3.05) is 0 Å². The smallest absolute Gasteiger partial charge is 0.0576 e. The van der Waals surface area contributed by atoms with Crippen LogP contribution in [0.1, 0.15) is 0 Å². The zero-order valence-electron chi connectivity index (χ0n) is 35.0. The zero-order chi connectivity index (χ0) is 42.3. The molecular formula is C60H36N4S. The molecule has 4 nitrogen and oxygen atoms in total. The van der Waals surface area contributed by atoms with Gasteiger partial charge in [-0.05, 0) is 91.0 Å². The lowest BCUT2D eigenvalue weighted by molar-refractivity contribution is 1.14. The van der Waals surface area contributed by atoms with E-state index in [1.807, 2.05) is 11.3 Å². The molecule has 0 fully saturated rings. The first-order valence-electron chi connectivity index (χ1n) is 22.3. The second-order valence-corrected chi connectivity index (χ2v) is 18.4. The molecule has 5 heterocycles. The quantitative estimate of drug-likeness (QED) is 0.168. The highest BCUT2D eigenvalue weighted by Gasteiger charge is 2.22. The van der Waals surface area contributed by atoms with Gasteiger partial charge in [-0.15, -0.1) is 11.3 Å². The Morgan fingerprint density at radius 3 is 1.03 bits per heavy atom. The number of para-hydroxylation sites is 6. The molecule has 0 saturated carbocycles. The van der Waals surface area contributed by atoms with Crippen molar-refractivity contribution >= 4 is 119 Å². The highest BCUT2D eigenvalue weighted by molar-refractivity contribution is 7.26. The predicted octanol–water partition coefficient (Wildman–Crippen LogP) is 16.4. The van der Waals surface area contributed by atoms with Gasteiger partial charge in [-0.1, -0.05) is 127 Å². The average Bonchev–Trinajstić information content (AvgIpc) is 4.16. The minimum Gasteiger partial charge on any atom is -0.309 e. The van der Waals surface area contributed by atoms with Gasteiger partial charge < -0.3 is 18.3 Å². The summed E-state index contributed by atoms with van der Waals surface area (Å²) in [6.07, 6.45) is 0. The number of benzene rings is 10. The highest BCUT2D eigenvalue weighted by atomic mass is 32.1. The van der Waals surface area contributed by atoms with Crippen molar-refractivity contribution in [1.82, 2.24) is 18.3 Å². The second-order valence-electron chi connectivity index (χ2n) is 17.3. The van der Waals surface area contributed by atoms with E-state index in [0.717, 1.165) is 17.1 Å². The topological polar surface area (TPSA) is 19.7 Å². The fourth-order valence-corrected chi connectivity index (χ4v) is 12.4. The molecule has 0 unspecified atom stereocenters. The van der Waals surface area contributed by atoms with Crippen LogP contribution in [0.3, 0.4) is 0 Å². The number of hydrogen-bond donors (Lipinski definition) is 0. The van der Waals surface area contributed by atoms with Gasteiger partial charge in [-0.25, -0.2) is 0 Å². The van der Waals surface area contributed by atoms with Crippen LogP contribution in [-0.2, 0) is 0 Å². The molecule has 0 aliphatic rings. The van der Waals surface area contributed by atoms with Crippen molar-refractivity contribution in [3.63, 3.8) is 0 Å². The largest absolute Gasteiger partial charge is 0.309 e. The summed E-state index contributed by atoms with van der Waals surface area (Å²) in [5, 5.41) is 12.5. The molecule has 0 aliphatic heterocycles. The molecule has 65 heavy (non-hydrogen) atoms. The molecule has 302 valence electrons. The van der Waals surface area contributed by atoms with Gasteiger partial charge in [0.1, 0.15) is 0 Å². The minimum atomic E-state index is 1.14. The van der Waals surface area contributed by atoms with Crippen molar-refractivity contribution in [1.29, 1.82) is 0 Å². The van der Waals surface area contributed by atoms with Crippen molar-refractivity contribution < 1.29 is 0 Å². The fourth-order valence-electron chi connectivity index (χ4n) is 11.3. The van der Waals surface area contributed by atoms with E-state index in [-0.39, 0.29) is 0 Å². The Hall–Kier alpha value is -8.38. The third kappa shape index (κ3) is 4.79. The summed E-state index contributed by atoms with van der Waals surface area (Å²) in [5.74, 6) is 0. The zero-order valence-corrected chi connectivity index (χ0v) is 35.8. The third-order valence-electron chi connectivity index (χ3n) is 13.9. The number of nitrogens with zero attached hydrogens (tertiary/aromatic N) is 4. The second kappa shape index (κ2) is 13.1. The van der Waals surface area contributed by atoms with E-state index < -0.39 is 0 Å². The molecule has 5 heteroatoms. The molecule has 0 bridgehead atoms. The normalized spacial score (nSPS) is 12.3. The highest BCUT2D eigenvalue weighted by Crippen LogP contribution is 2.45. The van der Waals surface area contributed by atoms with Crippen molar-refractivity contribution in [2.24, 2.45) is 0 Å². The molecule has 0 radical (unpaired) electrons. The van der Waals surface area contributed by atoms with Gasteiger partial charge in [0, 0.05) is 80.3 Å². The number of rotatable bonds is 4. The number of hydrogen-bond acceptors (Lipinski definition) is 1. The van der Waals surface area contributed by atoms with E-state index in [2.05, 4.69) is 237 Å². The maximum absolute atomic E-state index is 2.53. The van der Waals surface area contributed by atoms with Gasteiger partial charge in [0.15, 0.2) is 0 Å². The van der Waals surface area contributed by atoms with Gasteiger partial charge in [0.2, 0.25) is 0 Å². The Balaban J connectivity index is 1.00. The number of fused-ring (bicyclic) bond motifs is 15. The molecule has 0 aliphatic carbocycles. The minimum absolute atomic E-state index is 1.14. The number of thiophene rings is 1. The summed E-state index contributed by atoms with van der Waals surface area (Å²) in [4.78, 5) is 0. The molecule has 15 aromatic rings. The van der Waals surface area contributed by atoms with E-state index in [0.29, 0.717) is 0 Å². The number of aromatic nitrogens is 4. The molecule has 10 aromatic carbocycles. The van der Waals surface area contributed by atoms with Gasteiger partial charge in [-0.3, -0.25) is 0 Å². The monoisotopic (exact) mass is 844 g/mol. The predicted molar refractivity (Wildman–Crippen MR) is 277 cm³/mol. The van der Waals surface area contributed by atoms with Crippen molar-refractivity contribution in [3.8, 4) is 22.7 Å². The van der Waals surface area contributed by atoms with Crippen LogP contribution >= 0.6 is 11.3 Å². The van der Waals surface area contributed by atoms with Crippen LogP contribution in [-0.4, -0.2) is 18.3 Å². The summed E-state index contributed by atoms with van der Waals surface area (Å²) in [7, 11) is 0. The third-order valence-corrected chi connectivity index (χ3v) is 15.0. The van der Waals surface area contributed by atoms with Gasteiger partial charge in [0.05, 0.1) is 49.8 Å². The molecule has 15 rings (SSSR count). The first-order chi connectivity index (χ1) is 32.3. The maximum Gasteiger partial charge on any atom is 0.0576 e.